The van der Waals surface area contributed by atoms with E-state index in [4.69, 9.17) is 0 Å². The quantitative estimate of drug-likeness (QED) is 0.890. The average molecular weight is 273 g/mol. The first kappa shape index (κ1) is 13.8. The van der Waals surface area contributed by atoms with E-state index < -0.39 is 0 Å². The first-order chi connectivity index (χ1) is 9.15. The Morgan fingerprint density at radius 3 is 2.74 bits per heavy atom. The lowest BCUT2D eigenvalue weighted by molar-refractivity contribution is -0.120. The van der Waals surface area contributed by atoms with Crippen LogP contribution < -0.4 is 5.32 Å². The number of thiophene rings is 1. The van der Waals surface area contributed by atoms with Gasteiger partial charge in [0.05, 0.1) is 6.42 Å². The van der Waals surface area contributed by atoms with E-state index in [9.17, 15) is 4.79 Å². The zero-order valence-corrected chi connectivity index (χ0v) is 12.2. The number of benzene rings is 1. The normalized spacial score (nSPS) is 10.4. The molecule has 0 spiro atoms. The molecule has 0 fully saturated rings. The van der Waals surface area contributed by atoms with Crippen LogP contribution in [0.25, 0.3) is 0 Å². The van der Waals surface area contributed by atoms with Crippen molar-refractivity contribution in [3.63, 3.8) is 0 Å². The minimum Gasteiger partial charge on any atom is -0.355 e. The summed E-state index contributed by atoms with van der Waals surface area (Å²) in [7, 11) is 0. The molecule has 1 aromatic heterocycles. The number of hydrogen-bond acceptors (Lipinski definition) is 2. The second-order valence-corrected chi connectivity index (χ2v) is 5.81. The molecule has 1 amide bonds. The molecule has 0 atom stereocenters. The molecule has 2 rings (SSSR count). The Morgan fingerprint density at radius 1 is 1.21 bits per heavy atom. The summed E-state index contributed by atoms with van der Waals surface area (Å²) in [5, 5.41) is 5.03. The van der Waals surface area contributed by atoms with Gasteiger partial charge in [0.2, 0.25) is 5.91 Å². The van der Waals surface area contributed by atoms with Crippen molar-refractivity contribution in [2.24, 2.45) is 0 Å². The fourth-order valence-corrected chi connectivity index (χ4v) is 2.65. The molecule has 0 bridgehead atoms. The highest BCUT2D eigenvalue weighted by Crippen LogP contribution is 2.10. The second-order valence-electron chi connectivity index (χ2n) is 4.77. The molecule has 0 saturated heterocycles. The molecular weight excluding hydrogens is 254 g/mol. The first-order valence-electron chi connectivity index (χ1n) is 6.50. The molecule has 1 aromatic carbocycles. The monoisotopic (exact) mass is 273 g/mol. The van der Waals surface area contributed by atoms with Crippen LogP contribution >= 0.6 is 11.3 Å². The topological polar surface area (TPSA) is 29.1 Å². The van der Waals surface area contributed by atoms with E-state index in [1.807, 2.05) is 12.1 Å². The van der Waals surface area contributed by atoms with Crippen molar-refractivity contribution in [3.8, 4) is 0 Å². The molecule has 0 unspecified atom stereocenters. The Bertz CT molecular complexity index is 546. The molecule has 2 nitrogen and oxygen atoms in total. The van der Waals surface area contributed by atoms with Crippen molar-refractivity contribution in [2.45, 2.75) is 26.7 Å². The Kier molecular flexibility index (Phi) is 4.74. The van der Waals surface area contributed by atoms with E-state index in [-0.39, 0.29) is 5.91 Å². The summed E-state index contributed by atoms with van der Waals surface area (Å²) in [6.07, 6.45) is 1.38. The zero-order chi connectivity index (χ0) is 13.7. The number of carbonyl (C=O) groups is 1. The third-order valence-corrected chi connectivity index (χ3v) is 4.15. The summed E-state index contributed by atoms with van der Waals surface area (Å²) in [5.74, 6) is 0.0970. The van der Waals surface area contributed by atoms with Crippen molar-refractivity contribution in [3.05, 3.63) is 57.3 Å². The largest absolute Gasteiger partial charge is 0.355 e. The maximum Gasteiger partial charge on any atom is 0.224 e. The van der Waals surface area contributed by atoms with Crippen LogP contribution in [0.15, 0.2) is 35.7 Å². The van der Waals surface area contributed by atoms with Crippen LogP contribution in [0.4, 0.5) is 0 Å². The van der Waals surface area contributed by atoms with Crippen LogP contribution in [0, 0.1) is 13.8 Å². The van der Waals surface area contributed by atoms with Gasteiger partial charge < -0.3 is 5.32 Å². The molecule has 100 valence electrons. The molecule has 0 saturated carbocycles. The van der Waals surface area contributed by atoms with Crippen molar-refractivity contribution in [1.82, 2.24) is 5.32 Å². The van der Waals surface area contributed by atoms with E-state index in [0.717, 1.165) is 12.0 Å². The number of rotatable bonds is 5. The van der Waals surface area contributed by atoms with Crippen LogP contribution in [0.3, 0.4) is 0 Å². The first-order valence-corrected chi connectivity index (χ1v) is 7.38. The van der Waals surface area contributed by atoms with Gasteiger partial charge >= 0.3 is 0 Å². The Hall–Kier alpha value is -1.61. The smallest absolute Gasteiger partial charge is 0.224 e. The predicted molar refractivity (Wildman–Crippen MR) is 80.7 cm³/mol. The molecule has 1 heterocycles. The molecule has 0 aliphatic carbocycles. The van der Waals surface area contributed by atoms with Gasteiger partial charge in [0, 0.05) is 11.4 Å². The van der Waals surface area contributed by atoms with Crippen LogP contribution in [0.1, 0.15) is 21.6 Å². The molecule has 1 N–H and O–H groups in total. The van der Waals surface area contributed by atoms with Gasteiger partial charge in [-0.2, -0.15) is 0 Å². The van der Waals surface area contributed by atoms with Crippen molar-refractivity contribution in [2.75, 3.05) is 6.54 Å². The van der Waals surface area contributed by atoms with Crippen LogP contribution in [0.5, 0.6) is 0 Å². The maximum absolute atomic E-state index is 11.8. The highest BCUT2D eigenvalue weighted by atomic mass is 32.1. The summed E-state index contributed by atoms with van der Waals surface area (Å²) >= 11 is 1.73. The number of nitrogens with one attached hydrogen (secondary N) is 1. The van der Waals surface area contributed by atoms with Crippen LogP contribution in [-0.4, -0.2) is 12.5 Å². The summed E-state index contributed by atoms with van der Waals surface area (Å²) in [6, 6.07) is 10.3. The molecule has 3 heteroatoms. The van der Waals surface area contributed by atoms with Crippen molar-refractivity contribution in [1.29, 1.82) is 0 Å². The maximum atomic E-state index is 11.8. The minimum atomic E-state index is 0.0970. The van der Waals surface area contributed by atoms with E-state index in [1.165, 1.54) is 16.0 Å². The van der Waals surface area contributed by atoms with Gasteiger partial charge in [0.15, 0.2) is 0 Å². The lowest BCUT2D eigenvalue weighted by atomic mass is 10.0. The minimum absolute atomic E-state index is 0.0970. The van der Waals surface area contributed by atoms with Gasteiger partial charge in [-0.25, -0.2) is 0 Å². The van der Waals surface area contributed by atoms with E-state index in [2.05, 4.69) is 42.7 Å². The number of amides is 1. The van der Waals surface area contributed by atoms with E-state index >= 15 is 0 Å². The number of hydrogen-bond donors (Lipinski definition) is 1. The van der Waals surface area contributed by atoms with E-state index in [1.54, 1.807) is 11.3 Å². The van der Waals surface area contributed by atoms with Crippen molar-refractivity contribution < 1.29 is 4.79 Å². The van der Waals surface area contributed by atoms with Gasteiger partial charge in [-0.3, -0.25) is 4.79 Å². The van der Waals surface area contributed by atoms with Crippen LogP contribution in [-0.2, 0) is 17.6 Å². The van der Waals surface area contributed by atoms with Gasteiger partial charge in [-0.05, 0) is 48.4 Å². The standard InChI is InChI=1S/C16H19NOS/c1-12-5-6-14(10-13(12)2)11-16(18)17-8-7-15-4-3-9-19-15/h3-6,9-10H,7-8,11H2,1-2H3,(H,17,18). The third-order valence-electron chi connectivity index (χ3n) is 3.21. The average Bonchev–Trinajstić information content (AvgIpc) is 2.87. The summed E-state index contributed by atoms with van der Waals surface area (Å²) in [5.41, 5.74) is 3.59. The van der Waals surface area contributed by atoms with Crippen LogP contribution in [0.2, 0.25) is 0 Å². The Labute approximate surface area is 118 Å². The second kappa shape index (κ2) is 6.53. The van der Waals surface area contributed by atoms with Gasteiger partial charge in [0.1, 0.15) is 0 Å². The fraction of sp³-hybridized carbons (Fsp3) is 0.312. The molecule has 0 radical (unpaired) electrons. The van der Waals surface area contributed by atoms with Gasteiger partial charge in [-0.1, -0.05) is 24.3 Å². The third kappa shape index (κ3) is 4.21. The summed E-state index contributed by atoms with van der Waals surface area (Å²) < 4.78 is 0. The Morgan fingerprint density at radius 2 is 2.05 bits per heavy atom. The lowest BCUT2D eigenvalue weighted by Crippen LogP contribution is -2.27. The van der Waals surface area contributed by atoms with Gasteiger partial charge in [0.25, 0.3) is 0 Å². The molecule has 2 aromatic rings. The van der Waals surface area contributed by atoms with Gasteiger partial charge in [-0.15, -0.1) is 11.3 Å². The lowest BCUT2D eigenvalue weighted by Gasteiger charge is -2.06. The molecule has 0 aliphatic heterocycles. The highest BCUT2D eigenvalue weighted by molar-refractivity contribution is 7.09. The molecule has 19 heavy (non-hydrogen) atoms. The highest BCUT2D eigenvalue weighted by Gasteiger charge is 2.04. The summed E-state index contributed by atoms with van der Waals surface area (Å²) in [6.45, 7) is 4.87. The fourth-order valence-electron chi connectivity index (χ4n) is 1.94. The molecule has 0 aliphatic rings. The Balaban J connectivity index is 1.79. The SMILES string of the molecule is Cc1ccc(CC(=O)NCCc2cccs2)cc1C. The molecular formula is C16H19NOS. The zero-order valence-electron chi connectivity index (χ0n) is 11.4. The van der Waals surface area contributed by atoms with E-state index in [0.29, 0.717) is 13.0 Å². The summed E-state index contributed by atoms with van der Waals surface area (Å²) in [4.78, 5) is 13.1. The number of carbonyl (C=O) groups excluding carboxylic acids is 1. The van der Waals surface area contributed by atoms with Crippen molar-refractivity contribution >= 4 is 17.2 Å². The predicted octanol–water partition coefficient (Wildman–Crippen LogP) is 3.27. The number of aryl methyl sites for hydroxylation is 2.